The van der Waals surface area contributed by atoms with Crippen molar-refractivity contribution in [1.82, 2.24) is 19.8 Å². The molecule has 0 unspecified atom stereocenters. The van der Waals surface area contributed by atoms with E-state index in [0.717, 1.165) is 33.5 Å². The van der Waals surface area contributed by atoms with Crippen LogP contribution in [0.1, 0.15) is 37.9 Å². The molecule has 8 heteroatoms. The monoisotopic (exact) mass is 585 g/mol. The van der Waals surface area contributed by atoms with Crippen molar-refractivity contribution in [3.8, 4) is 22.4 Å². The van der Waals surface area contributed by atoms with Crippen molar-refractivity contribution in [2.75, 3.05) is 38.6 Å². The van der Waals surface area contributed by atoms with Crippen molar-refractivity contribution >= 4 is 34.2 Å². The van der Waals surface area contributed by atoms with Gasteiger partial charge in [0.05, 0.1) is 21.9 Å². The molecule has 1 aliphatic rings. The zero-order valence-corrected chi connectivity index (χ0v) is 25.6. The van der Waals surface area contributed by atoms with Crippen LogP contribution in [0.15, 0.2) is 67.3 Å². The molecule has 42 heavy (non-hydrogen) atoms. The molecule has 1 saturated heterocycles. The number of anilines is 1. The molecule has 2 aromatic heterocycles. The Balaban J connectivity index is 1.84. The molecule has 1 aliphatic heterocycles. The fourth-order valence-electron chi connectivity index (χ4n) is 5.82. The van der Waals surface area contributed by atoms with Crippen molar-refractivity contribution in [3.63, 3.8) is 0 Å². The van der Waals surface area contributed by atoms with Crippen LogP contribution < -0.4 is 4.90 Å². The van der Waals surface area contributed by atoms with E-state index in [1.807, 2.05) is 31.1 Å². The van der Waals surface area contributed by atoms with Crippen LogP contribution in [0.3, 0.4) is 0 Å². The molecular formula is C34H37ClFN5O. The van der Waals surface area contributed by atoms with Crippen molar-refractivity contribution in [3.05, 3.63) is 89.3 Å². The summed E-state index contributed by atoms with van der Waals surface area (Å²) < 4.78 is 15.1. The van der Waals surface area contributed by atoms with Gasteiger partial charge in [0.25, 0.3) is 0 Å². The average molecular weight is 586 g/mol. The van der Waals surface area contributed by atoms with Crippen LogP contribution in [0.25, 0.3) is 33.3 Å². The third-order valence-electron chi connectivity index (χ3n) is 7.82. The van der Waals surface area contributed by atoms with Crippen LogP contribution in [0.2, 0.25) is 5.02 Å². The van der Waals surface area contributed by atoms with Gasteiger partial charge in [-0.15, -0.1) is 0 Å². The standard InChI is InChI=1S/C34H37ClFN5O/c1-7-30(42)40-16-17-41(22(4)19-40)34-26-18-27(35)32(25-14-10-11-15-28(25)36)38-33(26)31(29(37-34)20-39(5)6)24-13-9-8-12-23(24)21(2)3/h7-15,18,21-22H,1,16-17,19-20H2,2-6H3/t22-/m0/s1. The Hall–Kier alpha value is -3.81. The molecule has 4 aromatic rings. The first kappa shape index (κ1) is 29.7. The number of halogens is 2. The van der Waals surface area contributed by atoms with Gasteiger partial charge in [0.1, 0.15) is 11.6 Å². The summed E-state index contributed by atoms with van der Waals surface area (Å²) >= 11 is 6.90. The number of carbonyl (C=O) groups is 1. The van der Waals surface area contributed by atoms with E-state index in [9.17, 15) is 4.79 Å². The lowest BCUT2D eigenvalue weighted by Gasteiger charge is -2.41. The van der Waals surface area contributed by atoms with Gasteiger partial charge in [-0.05, 0) is 62.3 Å². The number of benzene rings is 2. The second-order valence-corrected chi connectivity index (χ2v) is 11.9. The summed E-state index contributed by atoms with van der Waals surface area (Å²) in [6.07, 6.45) is 1.36. The predicted octanol–water partition coefficient (Wildman–Crippen LogP) is 7.16. The smallest absolute Gasteiger partial charge is 0.246 e. The minimum Gasteiger partial charge on any atom is -0.350 e. The zero-order chi connectivity index (χ0) is 30.1. The highest BCUT2D eigenvalue weighted by atomic mass is 35.5. The van der Waals surface area contributed by atoms with Crippen molar-refractivity contribution < 1.29 is 9.18 Å². The highest BCUT2D eigenvalue weighted by molar-refractivity contribution is 6.34. The first-order valence-corrected chi connectivity index (χ1v) is 14.7. The van der Waals surface area contributed by atoms with Gasteiger partial charge in [0, 0.05) is 48.7 Å². The Labute approximate surface area is 252 Å². The highest BCUT2D eigenvalue weighted by Crippen LogP contribution is 2.42. The highest BCUT2D eigenvalue weighted by Gasteiger charge is 2.30. The molecule has 2 aromatic carbocycles. The largest absolute Gasteiger partial charge is 0.350 e. The van der Waals surface area contributed by atoms with Crippen LogP contribution in [0.4, 0.5) is 10.2 Å². The fraction of sp³-hybridized carbons (Fsp3) is 0.324. The lowest BCUT2D eigenvalue weighted by molar-refractivity contribution is -0.126. The van der Waals surface area contributed by atoms with Gasteiger partial charge in [-0.3, -0.25) is 4.79 Å². The Kier molecular flexibility index (Phi) is 8.62. The summed E-state index contributed by atoms with van der Waals surface area (Å²) in [5.41, 5.74) is 5.51. The molecule has 1 atom stereocenters. The first-order valence-electron chi connectivity index (χ1n) is 14.3. The molecule has 1 fully saturated rings. The van der Waals surface area contributed by atoms with Crippen molar-refractivity contribution in [1.29, 1.82) is 0 Å². The second kappa shape index (κ2) is 12.2. The SMILES string of the molecule is C=CC(=O)N1CCN(c2nc(CN(C)C)c(-c3ccccc3C(C)C)c3nc(-c4ccccc4F)c(Cl)cc23)[C@@H](C)C1. The van der Waals surface area contributed by atoms with Crippen molar-refractivity contribution in [2.45, 2.75) is 39.3 Å². The third-order valence-corrected chi connectivity index (χ3v) is 8.10. The van der Waals surface area contributed by atoms with Crippen LogP contribution >= 0.6 is 11.6 Å². The van der Waals surface area contributed by atoms with E-state index in [1.165, 1.54) is 17.7 Å². The number of pyridine rings is 2. The summed E-state index contributed by atoms with van der Waals surface area (Å²) in [7, 11) is 4.04. The topological polar surface area (TPSA) is 52.6 Å². The minimum atomic E-state index is -0.380. The summed E-state index contributed by atoms with van der Waals surface area (Å²) in [4.78, 5) is 29.0. The van der Waals surface area contributed by atoms with E-state index in [-0.39, 0.29) is 23.7 Å². The number of amides is 1. The number of fused-ring (bicyclic) bond motifs is 1. The summed E-state index contributed by atoms with van der Waals surface area (Å²) in [6, 6.07) is 16.8. The van der Waals surface area contributed by atoms with E-state index in [1.54, 1.807) is 18.2 Å². The van der Waals surface area contributed by atoms with Crippen LogP contribution in [0, 0.1) is 5.82 Å². The quantitative estimate of drug-likeness (QED) is 0.215. The maximum Gasteiger partial charge on any atom is 0.246 e. The van der Waals surface area contributed by atoms with Crippen LogP contribution in [0.5, 0.6) is 0 Å². The van der Waals surface area contributed by atoms with Gasteiger partial charge >= 0.3 is 0 Å². The van der Waals surface area contributed by atoms with Crippen molar-refractivity contribution in [2.24, 2.45) is 0 Å². The van der Waals surface area contributed by atoms with Crippen LogP contribution in [-0.2, 0) is 11.3 Å². The Bertz CT molecular complexity index is 1650. The van der Waals surface area contributed by atoms with Gasteiger partial charge < -0.3 is 14.7 Å². The lowest BCUT2D eigenvalue weighted by atomic mass is 9.90. The molecule has 0 radical (unpaired) electrons. The van der Waals surface area contributed by atoms with Gasteiger partial charge in [0.2, 0.25) is 5.91 Å². The number of carbonyl (C=O) groups excluding carboxylic acids is 1. The van der Waals surface area contributed by atoms with E-state index in [2.05, 4.69) is 55.3 Å². The van der Waals surface area contributed by atoms with E-state index >= 15 is 4.39 Å². The predicted molar refractivity (Wildman–Crippen MR) is 170 cm³/mol. The Morgan fingerprint density at radius 2 is 1.81 bits per heavy atom. The number of hydrogen-bond donors (Lipinski definition) is 0. The molecule has 3 heterocycles. The number of nitrogens with zero attached hydrogens (tertiary/aromatic N) is 5. The summed E-state index contributed by atoms with van der Waals surface area (Å²) in [6.45, 7) is 12.4. The molecule has 1 amide bonds. The average Bonchev–Trinajstić information content (AvgIpc) is 2.96. The fourth-order valence-corrected chi connectivity index (χ4v) is 6.07. The van der Waals surface area contributed by atoms with Gasteiger partial charge in [-0.2, -0.15) is 0 Å². The van der Waals surface area contributed by atoms with Gasteiger partial charge in [0.15, 0.2) is 0 Å². The number of hydrogen-bond acceptors (Lipinski definition) is 5. The molecule has 0 bridgehead atoms. The van der Waals surface area contributed by atoms with Gasteiger partial charge in [-0.25, -0.2) is 14.4 Å². The van der Waals surface area contributed by atoms with E-state index in [0.29, 0.717) is 42.5 Å². The second-order valence-electron chi connectivity index (χ2n) is 11.5. The Morgan fingerprint density at radius 3 is 2.45 bits per heavy atom. The molecule has 0 aliphatic carbocycles. The van der Waals surface area contributed by atoms with E-state index < -0.39 is 0 Å². The first-order chi connectivity index (χ1) is 20.1. The molecule has 0 spiro atoms. The number of rotatable bonds is 7. The van der Waals surface area contributed by atoms with Gasteiger partial charge in [-0.1, -0.05) is 68.4 Å². The normalized spacial score (nSPS) is 15.6. The molecule has 6 nitrogen and oxygen atoms in total. The lowest BCUT2D eigenvalue weighted by Crippen LogP contribution is -2.53. The number of piperazine rings is 1. The maximum absolute atomic E-state index is 15.1. The maximum atomic E-state index is 15.1. The molecular weight excluding hydrogens is 549 g/mol. The summed E-state index contributed by atoms with van der Waals surface area (Å²) in [5, 5.41) is 1.15. The molecule has 5 rings (SSSR count). The molecule has 0 N–H and O–H groups in total. The molecule has 218 valence electrons. The molecule has 0 saturated carbocycles. The zero-order valence-electron chi connectivity index (χ0n) is 24.9. The van der Waals surface area contributed by atoms with E-state index in [4.69, 9.17) is 21.6 Å². The third kappa shape index (κ3) is 5.63. The summed E-state index contributed by atoms with van der Waals surface area (Å²) in [5.74, 6) is 0.569. The van der Waals surface area contributed by atoms with Crippen LogP contribution in [-0.4, -0.2) is 65.4 Å². The number of aromatic nitrogens is 2. The Morgan fingerprint density at radius 1 is 1.12 bits per heavy atom. The minimum absolute atomic E-state index is 0.00984.